The van der Waals surface area contributed by atoms with Crippen LogP contribution in [0.15, 0.2) is 41.8 Å². The average Bonchev–Trinajstić information content (AvgIpc) is 2.90. The van der Waals surface area contributed by atoms with Crippen LogP contribution in [0, 0.1) is 0 Å². The molecule has 0 aliphatic carbocycles. The Morgan fingerprint density at radius 1 is 1.43 bits per heavy atom. The maximum absolute atomic E-state index is 12.1. The molecule has 112 valence electrons. The van der Waals surface area contributed by atoms with Crippen molar-refractivity contribution in [2.45, 2.75) is 23.9 Å². The molecule has 1 N–H and O–H groups in total. The number of carbonyl (C=O) groups is 1. The number of rotatable bonds is 6. The number of methoxy groups -OCH3 is 1. The first-order valence-corrected chi connectivity index (χ1v) is 7.52. The Kier molecular flexibility index (Phi) is 5.27. The predicted molar refractivity (Wildman–Crippen MR) is 83.4 cm³/mol. The number of thioether (sulfide) groups is 1. The third-order valence-corrected chi connectivity index (χ3v) is 4.23. The molecule has 0 fully saturated rings. The Bertz CT molecular complexity index is 595. The molecule has 1 aromatic heterocycles. The van der Waals surface area contributed by atoms with Crippen LogP contribution in [0.3, 0.4) is 0 Å². The number of aryl methyl sites for hydroxylation is 1. The summed E-state index contributed by atoms with van der Waals surface area (Å²) in [5.41, 5.74) is 1.04. The zero-order valence-electron chi connectivity index (χ0n) is 12.4. The molecule has 0 unspecified atom stereocenters. The van der Waals surface area contributed by atoms with E-state index in [0.29, 0.717) is 6.54 Å². The number of carbonyl (C=O) groups excluding carboxylic acids is 1. The molecule has 0 radical (unpaired) electrons. The Morgan fingerprint density at radius 2 is 2.14 bits per heavy atom. The minimum Gasteiger partial charge on any atom is -0.497 e. The van der Waals surface area contributed by atoms with Crippen LogP contribution in [0.4, 0.5) is 0 Å². The first kappa shape index (κ1) is 15.4. The summed E-state index contributed by atoms with van der Waals surface area (Å²) in [5.74, 6) is 0.808. The van der Waals surface area contributed by atoms with Gasteiger partial charge in [0.15, 0.2) is 5.16 Å². The monoisotopic (exact) mass is 305 g/mol. The van der Waals surface area contributed by atoms with Gasteiger partial charge in [0.1, 0.15) is 5.75 Å². The van der Waals surface area contributed by atoms with Crippen LogP contribution in [0.5, 0.6) is 5.75 Å². The van der Waals surface area contributed by atoms with Gasteiger partial charge in [0.05, 0.1) is 12.4 Å². The fraction of sp³-hybridized carbons (Fsp3) is 0.333. The zero-order valence-corrected chi connectivity index (χ0v) is 13.2. The Balaban J connectivity index is 1.84. The predicted octanol–water partition coefficient (Wildman–Crippen LogP) is 2.23. The summed E-state index contributed by atoms with van der Waals surface area (Å²) in [7, 11) is 3.55. The summed E-state index contributed by atoms with van der Waals surface area (Å²) in [6, 6.07) is 7.65. The molecule has 1 aromatic carbocycles. The van der Waals surface area contributed by atoms with E-state index in [1.165, 1.54) is 11.8 Å². The second-order valence-corrected chi connectivity index (χ2v) is 5.95. The number of hydrogen-bond donors (Lipinski definition) is 1. The number of benzene rings is 1. The number of hydrogen-bond acceptors (Lipinski definition) is 4. The molecule has 0 spiro atoms. The van der Waals surface area contributed by atoms with Gasteiger partial charge in [0.2, 0.25) is 5.91 Å². The second kappa shape index (κ2) is 7.17. The lowest BCUT2D eigenvalue weighted by molar-refractivity contribution is -0.120. The molecule has 1 atom stereocenters. The van der Waals surface area contributed by atoms with Crippen molar-refractivity contribution >= 4 is 17.7 Å². The number of amides is 1. The van der Waals surface area contributed by atoms with Crippen LogP contribution >= 0.6 is 11.8 Å². The standard InChI is InChI=1S/C15H19N3O2S/c1-11(21-15-16-8-9-18(15)2)14(19)17-10-12-4-6-13(20-3)7-5-12/h4-9,11H,10H2,1-3H3,(H,17,19)/t11-/m0/s1. The summed E-state index contributed by atoms with van der Waals surface area (Å²) in [5, 5.41) is 3.58. The lowest BCUT2D eigenvalue weighted by Gasteiger charge is -2.12. The molecule has 0 bridgehead atoms. The van der Waals surface area contributed by atoms with Gasteiger partial charge in [-0.15, -0.1) is 0 Å². The van der Waals surface area contributed by atoms with Gasteiger partial charge in [-0.25, -0.2) is 4.98 Å². The number of nitrogens with zero attached hydrogens (tertiary/aromatic N) is 2. The summed E-state index contributed by atoms with van der Waals surface area (Å²) in [6.45, 7) is 2.39. The number of imidazole rings is 1. The normalized spacial score (nSPS) is 12.0. The lowest BCUT2D eigenvalue weighted by Crippen LogP contribution is -2.30. The third-order valence-electron chi connectivity index (χ3n) is 3.05. The van der Waals surface area contributed by atoms with Gasteiger partial charge in [-0.05, 0) is 24.6 Å². The van der Waals surface area contributed by atoms with E-state index < -0.39 is 0 Å². The molecule has 1 amide bonds. The summed E-state index contributed by atoms with van der Waals surface area (Å²) < 4.78 is 7.00. The van der Waals surface area contributed by atoms with Crippen molar-refractivity contribution in [1.29, 1.82) is 0 Å². The number of aromatic nitrogens is 2. The Morgan fingerprint density at radius 3 is 2.71 bits per heavy atom. The fourth-order valence-corrected chi connectivity index (χ4v) is 2.61. The minimum absolute atomic E-state index is 0.00109. The lowest BCUT2D eigenvalue weighted by atomic mass is 10.2. The summed E-state index contributed by atoms with van der Waals surface area (Å²) in [4.78, 5) is 16.3. The van der Waals surface area contributed by atoms with E-state index in [0.717, 1.165) is 16.5 Å². The van der Waals surface area contributed by atoms with E-state index in [-0.39, 0.29) is 11.2 Å². The topological polar surface area (TPSA) is 56.1 Å². The van der Waals surface area contributed by atoms with E-state index >= 15 is 0 Å². The highest BCUT2D eigenvalue weighted by Gasteiger charge is 2.16. The number of ether oxygens (including phenoxy) is 1. The van der Waals surface area contributed by atoms with Crippen LogP contribution < -0.4 is 10.1 Å². The van der Waals surface area contributed by atoms with E-state index in [1.54, 1.807) is 13.3 Å². The van der Waals surface area contributed by atoms with Crippen molar-refractivity contribution in [3.63, 3.8) is 0 Å². The van der Waals surface area contributed by atoms with Gasteiger partial charge in [-0.3, -0.25) is 4.79 Å². The smallest absolute Gasteiger partial charge is 0.233 e. The van der Waals surface area contributed by atoms with Crippen molar-refractivity contribution in [2.24, 2.45) is 7.05 Å². The molecule has 6 heteroatoms. The highest BCUT2D eigenvalue weighted by atomic mass is 32.2. The summed E-state index contributed by atoms with van der Waals surface area (Å²) in [6.07, 6.45) is 3.59. The Labute approximate surface area is 128 Å². The van der Waals surface area contributed by atoms with Crippen LogP contribution in [0.2, 0.25) is 0 Å². The molecule has 0 saturated carbocycles. The van der Waals surface area contributed by atoms with Crippen LogP contribution in [0.1, 0.15) is 12.5 Å². The number of nitrogens with one attached hydrogen (secondary N) is 1. The van der Waals surface area contributed by atoms with Crippen molar-refractivity contribution in [3.05, 3.63) is 42.2 Å². The molecule has 0 aliphatic rings. The molecule has 2 rings (SSSR count). The van der Waals surface area contributed by atoms with Crippen molar-refractivity contribution in [2.75, 3.05) is 7.11 Å². The molecule has 2 aromatic rings. The maximum atomic E-state index is 12.1. The van der Waals surface area contributed by atoms with Crippen LogP contribution in [-0.2, 0) is 18.4 Å². The van der Waals surface area contributed by atoms with Crippen molar-refractivity contribution in [1.82, 2.24) is 14.9 Å². The quantitative estimate of drug-likeness (QED) is 0.832. The SMILES string of the molecule is COc1ccc(CNC(=O)[C@H](C)Sc2nccn2C)cc1. The van der Waals surface area contributed by atoms with Crippen molar-refractivity contribution < 1.29 is 9.53 Å². The third kappa shape index (κ3) is 4.26. The minimum atomic E-state index is -0.190. The van der Waals surface area contributed by atoms with Gasteiger partial charge >= 0.3 is 0 Å². The van der Waals surface area contributed by atoms with Gasteiger partial charge in [0, 0.05) is 26.0 Å². The molecule has 0 aliphatic heterocycles. The van der Waals surface area contributed by atoms with Crippen molar-refractivity contribution in [3.8, 4) is 5.75 Å². The second-order valence-electron chi connectivity index (χ2n) is 4.65. The average molecular weight is 305 g/mol. The van der Waals surface area contributed by atoms with Gasteiger partial charge < -0.3 is 14.6 Å². The molecule has 0 saturated heterocycles. The molecular weight excluding hydrogens is 286 g/mol. The maximum Gasteiger partial charge on any atom is 0.233 e. The van der Waals surface area contributed by atoms with Gasteiger partial charge in [-0.2, -0.15) is 0 Å². The highest BCUT2D eigenvalue weighted by molar-refractivity contribution is 8.00. The first-order chi connectivity index (χ1) is 10.1. The van der Waals surface area contributed by atoms with E-state index in [4.69, 9.17) is 4.74 Å². The van der Waals surface area contributed by atoms with Crippen LogP contribution in [-0.4, -0.2) is 27.8 Å². The summed E-state index contributed by atoms with van der Waals surface area (Å²) >= 11 is 1.45. The van der Waals surface area contributed by atoms with E-state index in [1.807, 2.05) is 49.0 Å². The highest BCUT2D eigenvalue weighted by Crippen LogP contribution is 2.20. The largest absolute Gasteiger partial charge is 0.497 e. The van der Waals surface area contributed by atoms with Gasteiger partial charge in [0.25, 0.3) is 0 Å². The van der Waals surface area contributed by atoms with Gasteiger partial charge in [-0.1, -0.05) is 23.9 Å². The first-order valence-electron chi connectivity index (χ1n) is 6.64. The van der Waals surface area contributed by atoms with Crippen LogP contribution in [0.25, 0.3) is 0 Å². The molecular formula is C15H19N3O2S. The molecule has 5 nitrogen and oxygen atoms in total. The zero-order chi connectivity index (χ0) is 15.2. The van der Waals surface area contributed by atoms with E-state index in [2.05, 4.69) is 10.3 Å². The fourth-order valence-electron chi connectivity index (χ4n) is 1.75. The molecule has 1 heterocycles. The van der Waals surface area contributed by atoms with E-state index in [9.17, 15) is 4.79 Å². The Hall–Kier alpha value is -1.95. The molecule has 21 heavy (non-hydrogen) atoms.